The van der Waals surface area contributed by atoms with Gasteiger partial charge in [-0.2, -0.15) is 0 Å². The summed E-state index contributed by atoms with van der Waals surface area (Å²) in [5.41, 5.74) is 0.720. The van der Waals surface area contributed by atoms with E-state index in [-0.39, 0.29) is 17.9 Å². The average Bonchev–Trinajstić information content (AvgIpc) is 2.59. The molecule has 0 saturated carbocycles. The smallest absolute Gasteiger partial charge is 0.330 e. The lowest BCUT2D eigenvalue weighted by atomic mass is 10.1. The quantitative estimate of drug-likeness (QED) is 0.562. The van der Waals surface area contributed by atoms with Crippen LogP contribution in [0.3, 0.4) is 0 Å². The van der Waals surface area contributed by atoms with Gasteiger partial charge in [-0.1, -0.05) is 12.1 Å². The molecule has 0 fully saturated rings. The van der Waals surface area contributed by atoms with E-state index in [0.29, 0.717) is 5.69 Å². The summed E-state index contributed by atoms with van der Waals surface area (Å²) in [4.78, 5) is 46.2. The Morgan fingerprint density at radius 3 is 2.48 bits per heavy atom. The van der Waals surface area contributed by atoms with Crippen LogP contribution in [0.4, 0.5) is 5.69 Å². The third-order valence-electron chi connectivity index (χ3n) is 3.06. The Bertz CT molecular complexity index is 683. The van der Waals surface area contributed by atoms with E-state index >= 15 is 0 Å². The minimum atomic E-state index is -0.970. The van der Waals surface area contributed by atoms with Crippen molar-refractivity contribution < 1.29 is 28.7 Å². The summed E-state index contributed by atoms with van der Waals surface area (Å²) in [7, 11) is 2.43. The molecule has 1 rings (SSSR count). The van der Waals surface area contributed by atoms with Gasteiger partial charge in [0.1, 0.15) is 6.04 Å². The van der Waals surface area contributed by atoms with Gasteiger partial charge in [0.25, 0.3) is 5.91 Å². The summed E-state index contributed by atoms with van der Waals surface area (Å²) in [5, 5.41) is 5.09. The lowest BCUT2D eigenvalue weighted by Crippen LogP contribution is -2.41. The number of amides is 2. The maximum absolute atomic E-state index is 12.3. The summed E-state index contributed by atoms with van der Waals surface area (Å²) in [6.07, 6.45) is 2.61. The van der Waals surface area contributed by atoms with Crippen molar-refractivity contribution in [1.82, 2.24) is 5.32 Å². The van der Waals surface area contributed by atoms with Crippen LogP contribution in [0, 0.1) is 0 Å². The molecule has 0 saturated heterocycles. The lowest BCUT2D eigenvalue weighted by molar-refractivity contribution is -0.143. The molecule has 0 aliphatic heterocycles. The Kier molecular flexibility index (Phi) is 7.85. The Morgan fingerprint density at radius 1 is 1.16 bits per heavy atom. The number of esters is 2. The van der Waals surface area contributed by atoms with Crippen molar-refractivity contribution >= 4 is 29.4 Å². The van der Waals surface area contributed by atoms with Crippen LogP contribution < -0.4 is 10.6 Å². The first-order valence-electron chi connectivity index (χ1n) is 7.38. The van der Waals surface area contributed by atoms with Crippen LogP contribution in [0.25, 0.3) is 0 Å². The van der Waals surface area contributed by atoms with Gasteiger partial charge in [0.05, 0.1) is 14.2 Å². The molecule has 0 bridgehead atoms. The number of carbonyl (C=O) groups excluding carboxylic acids is 4. The van der Waals surface area contributed by atoms with Gasteiger partial charge >= 0.3 is 11.9 Å². The van der Waals surface area contributed by atoms with Crippen molar-refractivity contribution in [2.24, 2.45) is 0 Å². The lowest BCUT2D eigenvalue weighted by Gasteiger charge is -2.15. The number of hydrogen-bond acceptors (Lipinski definition) is 6. The number of nitrogens with one attached hydrogen (secondary N) is 2. The number of benzene rings is 1. The zero-order chi connectivity index (χ0) is 18.8. The van der Waals surface area contributed by atoms with Crippen LogP contribution in [0.15, 0.2) is 36.4 Å². The summed E-state index contributed by atoms with van der Waals surface area (Å²) in [6.45, 7) is 1.35. The second kappa shape index (κ2) is 9.86. The molecule has 2 amide bonds. The van der Waals surface area contributed by atoms with Gasteiger partial charge < -0.3 is 20.1 Å². The van der Waals surface area contributed by atoms with Crippen LogP contribution in [0.5, 0.6) is 0 Å². The Balaban J connectivity index is 2.84. The van der Waals surface area contributed by atoms with Gasteiger partial charge in [-0.25, -0.2) is 9.59 Å². The molecule has 0 spiro atoms. The van der Waals surface area contributed by atoms with Crippen molar-refractivity contribution in [3.8, 4) is 0 Å². The van der Waals surface area contributed by atoms with Gasteiger partial charge in [0.15, 0.2) is 0 Å². The predicted octanol–water partition coefficient (Wildman–Crippen LogP) is 1.04. The molecular formula is C17H20N2O6. The van der Waals surface area contributed by atoms with E-state index in [4.69, 9.17) is 0 Å². The normalized spacial score (nSPS) is 11.5. The highest BCUT2D eigenvalue weighted by molar-refractivity contribution is 5.98. The zero-order valence-electron chi connectivity index (χ0n) is 14.2. The molecule has 0 radical (unpaired) electrons. The maximum atomic E-state index is 12.3. The van der Waals surface area contributed by atoms with Crippen molar-refractivity contribution in [1.29, 1.82) is 0 Å². The summed E-state index contributed by atoms with van der Waals surface area (Å²) >= 11 is 0. The van der Waals surface area contributed by atoms with E-state index < -0.39 is 23.9 Å². The second-order valence-electron chi connectivity index (χ2n) is 4.97. The van der Waals surface area contributed by atoms with Crippen molar-refractivity contribution in [2.45, 2.75) is 19.4 Å². The number of rotatable bonds is 7. The average molecular weight is 348 g/mol. The minimum absolute atomic E-state index is 0.0545. The SMILES string of the molecule is COC(=O)/C=C/C[C@@H](NC(=O)c1cccc(NC(C)=O)c1)C(=O)OC. The number of carbonyl (C=O) groups is 4. The first kappa shape index (κ1) is 19.9. The third-order valence-corrected chi connectivity index (χ3v) is 3.06. The summed E-state index contributed by atoms with van der Waals surface area (Å²) < 4.78 is 9.10. The number of anilines is 1. The van der Waals surface area contributed by atoms with Crippen LogP contribution >= 0.6 is 0 Å². The van der Waals surface area contributed by atoms with E-state index in [1.807, 2.05) is 0 Å². The molecule has 0 aliphatic carbocycles. The Hall–Kier alpha value is -3.16. The number of ether oxygens (including phenoxy) is 2. The molecule has 0 unspecified atom stereocenters. The minimum Gasteiger partial charge on any atom is -0.467 e. The fourth-order valence-corrected chi connectivity index (χ4v) is 1.91. The molecular weight excluding hydrogens is 328 g/mol. The van der Waals surface area contributed by atoms with Crippen LogP contribution in [-0.2, 0) is 23.9 Å². The zero-order valence-corrected chi connectivity index (χ0v) is 14.2. The molecule has 134 valence electrons. The first-order valence-corrected chi connectivity index (χ1v) is 7.38. The fraction of sp³-hybridized carbons (Fsp3) is 0.294. The molecule has 8 nitrogen and oxygen atoms in total. The third kappa shape index (κ3) is 6.86. The molecule has 1 aromatic carbocycles. The molecule has 25 heavy (non-hydrogen) atoms. The highest BCUT2D eigenvalue weighted by Crippen LogP contribution is 2.11. The van der Waals surface area contributed by atoms with Gasteiger partial charge in [-0.3, -0.25) is 9.59 Å². The van der Waals surface area contributed by atoms with Crippen molar-refractivity contribution in [3.63, 3.8) is 0 Å². The molecule has 1 aromatic rings. The van der Waals surface area contributed by atoms with E-state index in [1.165, 1.54) is 33.3 Å². The van der Waals surface area contributed by atoms with Crippen molar-refractivity contribution in [3.05, 3.63) is 42.0 Å². The van der Waals surface area contributed by atoms with Crippen LogP contribution in [0.2, 0.25) is 0 Å². The first-order chi connectivity index (χ1) is 11.9. The van der Waals surface area contributed by atoms with Crippen LogP contribution in [0.1, 0.15) is 23.7 Å². The van der Waals surface area contributed by atoms with E-state index in [9.17, 15) is 19.2 Å². The topological polar surface area (TPSA) is 111 Å². The Morgan fingerprint density at radius 2 is 1.88 bits per heavy atom. The second-order valence-corrected chi connectivity index (χ2v) is 4.97. The maximum Gasteiger partial charge on any atom is 0.330 e. The monoisotopic (exact) mass is 348 g/mol. The standard InChI is InChI=1S/C17H20N2O6/c1-11(20)18-13-7-4-6-12(10-13)16(22)19-14(17(23)25-3)8-5-9-15(21)24-2/h4-7,9-10,14H,8H2,1-3H3,(H,18,20)(H,19,22)/b9-5+/t14-/m1/s1. The summed E-state index contributed by atoms with van der Waals surface area (Å²) in [5.74, 6) is -2.01. The van der Waals surface area contributed by atoms with E-state index in [0.717, 1.165) is 6.08 Å². The molecule has 1 atom stereocenters. The van der Waals surface area contributed by atoms with Gasteiger partial charge in [0.2, 0.25) is 5.91 Å². The van der Waals surface area contributed by atoms with E-state index in [2.05, 4.69) is 20.1 Å². The molecule has 0 aromatic heterocycles. The summed E-state index contributed by atoms with van der Waals surface area (Å²) in [6, 6.07) is 5.29. The van der Waals surface area contributed by atoms with Gasteiger partial charge in [0, 0.05) is 24.3 Å². The fourth-order valence-electron chi connectivity index (χ4n) is 1.91. The molecule has 0 heterocycles. The van der Waals surface area contributed by atoms with E-state index in [1.54, 1.807) is 18.2 Å². The molecule has 2 N–H and O–H groups in total. The van der Waals surface area contributed by atoms with Gasteiger partial charge in [-0.05, 0) is 24.6 Å². The van der Waals surface area contributed by atoms with Crippen molar-refractivity contribution in [2.75, 3.05) is 19.5 Å². The molecule has 0 aliphatic rings. The largest absolute Gasteiger partial charge is 0.467 e. The highest BCUT2D eigenvalue weighted by Gasteiger charge is 2.21. The Labute approximate surface area is 145 Å². The van der Waals surface area contributed by atoms with Crippen LogP contribution in [-0.4, -0.2) is 44.0 Å². The predicted molar refractivity (Wildman–Crippen MR) is 89.8 cm³/mol. The highest BCUT2D eigenvalue weighted by atomic mass is 16.5. The van der Waals surface area contributed by atoms with Gasteiger partial charge in [-0.15, -0.1) is 0 Å². The molecule has 8 heteroatoms. The number of methoxy groups -OCH3 is 2. The number of hydrogen-bond donors (Lipinski definition) is 2.